The number of nitrogens with zero attached hydrogens (tertiary/aromatic N) is 2. The van der Waals surface area contributed by atoms with Crippen LogP contribution in [0.5, 0.6) is 0 Å². The molecule has 0 aliphatic heterocycles. The molecule has 0 aliphatic rings. The van der Waals surface area contributed by atoms with Crippen LogP contribution < -0.4 is 5.73 Å². The summed E-state index contributed by atoms with van der Waals surface area (Å²) in [5.74, 6) is 0. The Balaban J connectivity index is 2.33. The van der Waals surface area contributed by atoms with Gasteiger partial charge in [0.1, 0.15) is 11.3 Å². The van der Waals surface area contributed by atoms with E-state index in [0.29, 0.717) is 4.99 Å². The van der Waals surface area contributed by atoms with E-state index in [1.165, 1.54) is 11.1 Å². The van der Waals surface area contributed by atoms with Gasteiger partial charge in [-0.1, -0.05) is 18.3 Å². The van der Waals surface area contributed by atoms with Gasteiger partial charge >= 0.3 is 0 Å². The Morgan fingerprint density at radius 1 is 1.10 bits per heavy atom. The van der Waals surface area contributed by atoms with Crippen LogP contribution in [-0.2, 0) is 0 Å². The first-order valence-corrected chi connectivity index (χ1v) is 7.23. The maximum atomic E-state index is 5.87. The van der Waals surface area contributed by atoms with Gasteiger partial charge in [0.25, 0.3) is 0 Å². The van der Waals surface area contributed by atoms with Crippen LogP contribution in [-0.4, -0.2) is 14.5 Å². The minimum absolute atomic E-state index is 0.399. The Morgan fingerprint density at radius 3 is 2.52 bits per heavy atom. The smallest absolute Gasteiger partial charge is 0.106 e. The zero-order chi connectivity index (χ0) is 15.1. The lowest BCUT2D eigenvalue weighted by Crippen LogP contribution is -2.13. The SMILES string of the molecule is Cc1ccc(C(N)=S)c(-n2cnc3cc(C)c(C)cc32)c1. The van der Waals surface area contributed by atoms with E-state index in [-0.39, 0.29) is 0 Å². The first-order valence-electron chi connectivity index (χ1n) is 6.82. The quantitative estimate of drug-likeness (QED) is 0.735. The number of hydrogen-bond donors (Lipinski definition) is 1. The monoisotopic (exact) mass is 295 g/mol. The average molecular weight is 295 g/mol. The van der Waals surface area contributed by atoms with Gasteiger partial charge in [-0.25, -0.2) is 4.98 Å². The molecule has 3 rings (SSSR count). The largest absolute Gasteiger partial charge is 0.389 e. The molecule has 0 saturated heterocycles. The molecule has 4 heteroatoms. The normalized spacial score (nSPS) is 11.0. The van der Waals surface area contributed by atoms with Crippen LogP contribution in [0, 0.1) is 20.8 Å². The molecule has 0 saturated carbocycles. The summed E-state index contributed by atoms with van der Waals surface area (Å²) in [4.78, 5) is 4.90. The molecule has 2 N–H and O–H groups in total. The van der Waals surface area contributed by atoms with E-state index in [4.69, 9.17) is 18.0 Å². The molecule has 21 heavy (non-hydrogen) atoms. The second-order valence-electron chi connectivity index (χ2n) is 5.42. The Kier molecular flexibility index (Phi) is 3.26. The number of hydrogen-bond acceptors (Lipinski definition) is 2. The Hall–Kier alpha value is -2.20. The topological polar surface area (TPSA) is 43.8 Å². The average Bonchev–Trinajstić information content (AvgIpc) is 2.81. The highest BCUT2D eigenvalue weighted by Gasteiger charge is 2.12. The molecule has 0 radical (unpaired) electrons. The van der Waals surface area contributed by atoms with Crippen molar-refractivity contribution in [3.8, 4) is 5.69 Å². The summed E-state index contributed by atoms with van der Waals surface area (Å²) in [5, 5.41) is 0. The predicted molar refractivity (Wildman–Crippen MR) is 91.2 cm³/mol. The summed E-state index contributed by atoms with van der Waals surface area (Å²) < 4.78 is 2.06. The summed E-state index contributed by atoms with van der Waals surface area (Å²) in [7, 11) is 0. The highest BCUT2D eigenvalue weighted by molar-refractivity contribution is 7.80. The molecule has 106 valence electrons. The molecule has 0 unspecified atom stereocenters. The molecule has 0 fully saturated rings. The predicted octanol–water partition coefficient (Wildman–Crippen LogP) is 3.58. The van der Waals surface area contributed by atoms with E-state index < -0.39 is 0 Å². The number of nitrogens with two attached hydrogens (primary N) is 1. The van der Waals surface area contributed by atoms with Gasteiger partial charge in [0.05, 0.1) is 16.7 Å². The van der Waals surface area contributed by atoms with Crippen LogP contribution in [0.25, 0.3) is 16.7 Å². The first-order chi connectivity index (χ1) is 9.97. The fraction of sp³-hybridized carbons (Fsp3) is 0.176. The van der Waals surface area contributed by atoms with Gasteiger partial charge in [-0.15, -0.1) is 0 Å². The fourth-order valence-corrected chi connectivity index (χ4v) is 2.68. The molecule has 1 heterocycles. The van der Waals surface area contributed by atoms with Crippen LogP contribution in [0.1, 0.15) is 22.3 Å². The van der Waals surface area contributed by atoms with Crippen molar-refractivity contribution >= 4 is 28.2 Å². The Morgan fingerprint density at radius 2 is 1.81 bits per heavy atom. The summed E-state index contributed by atoms with van der Waals surface area (Å²) in [6.45, 7) is 6.26. The summed E-state index contributed by atoms with van der Waals surface area (Å²) in [6.07, 6.45) is 1.83. The number of imidazole rings is 1. The number of benzene rings is 2. The van der Waals surface area contributed by atoms with Crippen molar-refractivity contribution in [2.75, 3.05) is 0 Å². The van der Waals surface area contributed by atoms with Gasteiger partial charge in [-0.2, -0.15) is 0 Å². The molecule has 3 nitrogen and oxygen atoms in total. The molecule has 2 aromatic carbocycles. The Bertz CT molecular complexity index is 862. The second kappa shape index (κ2) is 4.97. The third-order valence-electron chi connectivity index (χ3n) is 3.84. The van der Waals surface area contributed by atoms with Gasteiger partial charge in [-0.05, 0) is 61.7 Å². The summed E-state index contributed by atoms with van der Waals surface area (Å²) in [5.41, 5.74) is 13.4. The van der Waals surface area contributed by atoms with E-state index in [9.17, 15) is 0 Å². The van der Waals surface area contributed by atoms with Crippen molar-refractivity contribution in [1.82, 2.24) is 9.55 Å². The lowest BCUT2D eigenvalue weighted by molar-refractivity contribution is 1.08. The third-order valence-corrected chi connectivity index (χ3v) is 4.06. The molecule has 0 spiro atoms. The van der Waals surface area contributed by atoms with E-state index in [1.54, 1.807) is 0 Å². The lowest BCUT2D eigenvalue weighted by atomic mass is 10.1. The van der Waals surface area contributed by atoms with E-state index >= 15 is 0 Å². The van der Waals surface area contributed by atoms with Crippen LogP contribution >= 0.6 is 12.2 Å². The number of fused-ring (bicyclic) bond motifs is 1. The van der Waals surface area contributed by atoms with E-state index in [2.05, 4.69) is 48.5 Å². The maximum absolute atomic E-state index is 5.87. The third kappa shape index (κ3) is 2.32. The number of aromatic nitrogens is 2. The van der Waals surface area contributed by atoms with Gasteiger partial charge in [-0.3, -0.25) is 4.57 Å². The summed E-state index contributed by atoms with van der Waals surface area (Å²) in [6, 6.07) is 10.3. The summed E-state index contributed by atoms with van der Waals surface area (Å²) >= 11 is 5.18. The van der Waals surface area contributed by atoms with Crippen molar-refractivity contribution in [3.63, 3.8) is 0 Å². The van der Waals surface area contributed by atoms with E-state index in [1.807, 2.05) is 18.5 Å². The van der Waals surface area contributed by atoms with Gasteiger partial charge in [0.2, 0.25) is 0 Å². The zero-order valence-electron chi connectivity index (χ0n) is 12.3. The zero-order valence-corrected chi connectivity index (χ0v) is 13.2. The first kappa shape index (κ1) is 13.8. The standard InChI is InChI=1S/C17H17N3S/c1-10-4-5-13(17(18)21)15(6-10)20-9-19-14-7-11(2)12(3)8-16(14)20/h4-9H,1-3H3,(H2,18,21). The van der Waals surface area contributed by atoms with Gasteiger partial charge < -0.3 is 5.73 Å². The van der Waals surface area contributed by atoms with Crippen LogP contribution in [0.4, 0.5) is 0 Å². The number of rotatable bonds is 2. The molecule has 3 aromatic rings. The van der Waals surface area contributed by atoms with E-state index in [0.717, 1.165) is 27.8 Å². The van der Waals surface area contributed by atoms with Crippen molar-refractivity contribution in [2.45, 2.75) is 20.8 Å². The number of thiocarbonyl (C=S) groups is 1. The van der Waals surface area contributed by atoms with Crippen LogP contribution in [0.2, 0.25) is 0 Å². The number of aryl methyl sites for hydroxylation is 3. The molecule has 0 amide bonds. The molecule has 0 atom stereocenters. The molecular weight excluding hydrogens is 278 g/mol. The Labute approximate surface area is 129 Å². The highest BCUT2D eigenvalue weighted by Crippen LogP contribution is 2.24. The van der Waals surface area contributed by atoms with Crippen molar-refractivity contribution in [1.29, 1.82) is 0 Å². The fourth-order valence-electron chi connectivity index (χ4n) is 2.51. The molecule has 0 bridgehead atoms. The minimum atomic E-state index is 0.399. The van der Waals surface area contributed by atoms with Crippen molar-refractivity contribution < 1.29 is 0 Å². The second-order valence-corrected chi connectivity index (χ2v) is 5.86. The van der Waals surface area contributed by atoms with Gasteiger partial charge in [0, 0.05) is 5.56 Å². The van der Waals surface area contributed by atoms with Crippen molar-refractivity contribution in [2.24, 2.45) is 5.73 Å². The molecular formula is C17H17N3S. The van der Waals surface area contributed by atoms with Gasteiger partial charge in [0.15, 0.2) is 0 Å². The minimum Gasteiger partial charge on any atom is -0.389 e. The van der Waals surface area contributed by atoms with Crippen molar-refractivity contribution in [3.05, 3.63) is 58.9 Å². The van der Waals surface area contributed by atoms with Crippen LogP contribution in [0.15, 0.2) is 36.7 Å². The molecule has 1 aromatic heterocycles. The highest BCUT2D eigenvalue weighted by atomic mass is 32.1. The maximum Gasteiger partial charge on any atom is 0.106 e. The lowest BCUT2D eigenvalue weighted by Gasteiger charge is -2.12. The molecule has 0 aliphatic carbocycles. The van der Waals surface area contributed by atoms with Crippen LogP contribution in [0.3, 0.4) is 0 Å².